The summed E-state index contributed by atoms with van der Waals surface area (Å²) in [6.07, 6.45) is -1.54. The molecule has 8 amide bonds. The van der Waals surface area contributed by atoms with E-state index in [2.05, 4.69) is 74.1 Å². The number of nitrogens with zero attached hydrogens (tertiary/aromatic N) is 4. The van der Waals surface area contributed by atoms with E-state index in [1.54, 1.807) is 0 Å². The monoisotopic (exact) mass is 1350 g/mol. The van der Waals surface area contributed by atoms with Crippen molar-refractivity contribution in [2.75, 3.05) is 85.3 Å². The maximum Gasteiger partial charge on any atom is 0.351 e. The van der Waals surface area contributed by atoms with E-state index in [1.165, 1.54) is 42.9 Å². The minimum atomic E-state index is -2.70. The van der Waals surface area contributed by atoms with E-state index in [4.69, 9.17) is 82.2 Å². The van der Waals surface area contributed by atoms with Gasteiger partial charge in [0.25, 0.3) is 8.18 Å². The molecular weight excluding hydrogens is 1260 g/mol. The van der Waals surface area contributed by atoms with E-state index >= 15 is 0 Å². The topological polar surface area (TPSA) is 697 Å². The number of aromatic nitrogens is 2. The van der Waals surface area contributed by atoms with Gasteiger partial charge in [-0.25, -0.2) is 9.46 Å². The van der Waals surface area contributed by atoms with Gasteiger partial charge in [-0.1, -0.05) is 0 Å². The van der Waals surface area contributed by atoms with Crippen molar-refractivity contribution < 1.29 is 52.2 Å². The third kappa shape index (κ3) is 33.9. The van der Waals surface area contributed by atoms with Crippen molar-refractivity contribution >= 4 is 91.1 Å². The number of carbonyl (C=O) groups excluding carboxylic acids is 8. The van der Waals surface area contributed by atoms with Gasteiger partial charge in [0.1, 0.15) is 54.5 Å². The standard InChI is InChI=1S/C51H99N30O12P/c1-28(82)72-31(11-5-18-66-46(55)56)40(85)74-33(13-7-20-68-48(59)60)42(87)76-35(15-9-22-70-50(63)64)44(89)77-34(14-8-21-69-49(61)62)43(88)75-32(12-6-19-67-47(57)58)41(86)73-30(10-4-17-65-45(53)54)39(84)71-24-37(83)80-25-29(27-92-94(91)79(2)3)93-38(26-80)81-23-16-36(52)78-51(81)90/h16,23,29-35,38,48,68,94H,4-15,17-22,24-27,59-60H2,1-3H3,(H,71,84)(H,72,82)(H,73,86)(H,74,85)(H,75,88)(H,76,87)(H,77,89)(H2,52,78,90)(H4,53,54,65)(H4,55,56,66)(H4,57,58,67)(H4,61,62,69)(H4,63,64,70)/t29-,30-,31-,32-,33-,34-,35-,38+/m0/s1. The highest BCUT2D eigenvalue weighted by Gasteiger charge is 2.36. The van der Waals surface area contributed by atoms with Gasteiger partial charge in [-0.2, -0.15) is 4.98 Å². The number of hydrogen-bond acceptors (Lipinski definition) is 22. The zero-order chi connectivity index (χ0) is 70.5. The van der Waals surface area contributed by atoms with E-state index in [1.807, 2.05) is 0 Å². The Kier molecular flexibility index (Phi) is 37.5. The van der Waals surface area contributed by atoms with Crippen LogP contribution in [0.1, 0.15) is 90.2 Å². The van der Waals surface area contributed by atoms with Gasteiger partial charge in [0.05, 0.1) is 19.7 Å². The summed E-state index contributed by atoms with van der Waals surface area (Å²) in [5.74, 6) is -8.55. The molecule has 1 aliphatic rings. The highest BCUT2D eigenvalue weighted by atomic mass is 31.1. The first-order valence-corrected chi connectivity index (χ1v) is 31.5. The molecule has 0 radical (unpaired) electrons. The molecule has 9 atom stereocenters. The zero-order valence-corrected chi connectivity index (χ0v) is 54.2. The molecule has 2 rings (SSSR count). The van der Waals surface area contributed by atoms with Crippen LogP contribution in [0.25, 0.3) is 0 Å². The molecule has 0 saturated carbocycles. The maximum absolute atomic E-state index is 14.7. The molecule has 0 spiro atoms. The summed E-state index contributed by atoms with van der Waals surface area (Å²) in [5.41, 5.74) is 43.7. The minimum absolute atomic E-state index is 0.0170. The fourth-order valence-electron chi connectivity index (χ4n) is 9.04. The van der Waals surface area contributed by atoms with Crippen LogP contribution in [0, 0.1) is 27.0 Å². The molecule has 0 aliphatic carbocycles. The van der Waals surface area contributed by atoms with Gasteiger partial charge >= 0.3 is 5.69 Å². The Bertz CT molecular complexity index is 2800. The Morgan fingerprint density at radius 1 is 0.585 bits per heavy atom. The smallest absolute Gasteiger partial charge is 0.351 e. The summed E-state index contributed by atoms with van der Waals surface area (Å²) in [4.78, 5) is 130. The summed E-state index contributed by atoms with van der Waals surface area (Å²) in [5, 5.41) is 72.2. The molecule has 94 heavy (non-hydrogen) atoms. The van der Waals surface area contributed by atoms with Gasteiger partial charge in [-0.3, -0.25) is 79.9 Å². The molecule has 34 N–H and O–H groups in total. The lowest BCUT2D eigenvalue weighted by Gasteiger charge is -2.38. The normalized spacial score (nSPS) is 15.8. The number of morpholine rings is 1. The molecule has 530 valence electrons. The summed E-state index contributed by atoms with van der Waals surface area (Å²) in [7, 11) is 0.378. The van der Waals surface area contributed by atoms with Crippen molar-refractivity contribution in [2.24, 2.45) is 40.1 Å². The molecule has 1 aromatic rings. The first-order valence-electron chi connectivity index (χ1n) is 30.2. The number of amides is 8. The lowest BCUT2D eigenvalue weighted by atomic mass is 10.0. The van der Waals surface area contributed by atoms with Crippen molar-refractivity contribution in [3.63, 3.8) is 0 Å². The summed E-state index contributed by atoms with van der Waals surface area (Å²) < 4.78 is 26.5. The van der Waals surface area contributed by atoms with Crippen LogP contribution < -0.4 is 121 Å². The minimum Gasteiger partial charge on any atom is -0.383 e. The second-order valence-electron chi connectivity index (χ2n) is 21.8. The number of guanidine groups is 5. The molecule has 1 fully saturated rings. The molecular formula is C51H99N30O12P. The first-order chi connectivity index (χ1) is 44.4. The van der Waals surface area contributed by atoms with Crippen LogP contribution in [-0.4, -0.2) is 224 Å². The second kappa shape index (κ2) is 43.6. The van der Waals surface area contributed by atoms with E-state index < -0.39 is 140 Å². The van der Waals surface area contributed by atoms with Crippen LogP contribution >= 0.6 is 8.18 Å². The molecule has 1 aliphatic heterocycles. The van der Waals surface area contributed by atoms with Crippen molar-refractivity contribution in [3.8, 4) is 0 Å². The van der Waals surface area contributed by atoms with E-state index in [0.29, 0.717) is 0 Å². The number of nitrogens with one attached hydrogen (secondary N) is 18. The van der Waals surface area contributed by atoms with Crippen molar-refractivity contribution in [1.29, 1.82) is 27.0 Å². The zero-order valence-electron chi connectivity index (χ0n) is 53.2. The Balaban J connectivity index is 2.58. The average Bonchev–Trinajstić information content (AvgIpc) is 0.879. The number of hydrogen-bond donors (Lipinski definition) is 26. The van der Waals surface area contributed by atoms with Gasteiger partial charge < -0.3 is 124 Å². The molecule has 2 heterocycles. The van der Waals surface area contributed by atoms with Crippen molar-refractivity contribution in [3.05, 3.63) is 22.7 Å². The van der Waals surface area contributed by atoms with E-state index in [9.17, 15) is 47.7 Å². The van der Waals surface area contributed by atoms with E-state index in [0.717, 1.165) is 4.57 Å². The van der Waals surface area contributed by atoms with Crippen LogP contribution in [-0.2, 0) is 52.2 Å². The Morgan fingerprint density at radius 2 is 0.936 bits per heavy atom. The number of nitrogens with two attached hydrogens (primary N) is 8. The third-order valence-electron chi connectivity index (χ3n) is 13.7. The Hall–Kier alpha value is -9.22. The highest BCUT2D eigenvalue weighted by Crippen LogP contribution is 2.27. The van der Waals surface area contributed by atoms with Gasteiger partial charge in [0.15, 0.2) is 36.0 Å². The SMILES string of the molecule is CC(=O)N[C@@H](CCCNC(=N)N)C(=O)N[C@@H](CCCNC(N)N)C(=O)N[C@@H](CCCNC(=N)N)C(=O)N[C@@H](CCCNC(=N)N)C(=O)N[C@@H](CCCNC(=N)N)C(=O)N[C@@H](CCCNC(=N)N)C(=O)NCC(=O)N1C[C@@H](CO[PH](=O)N(C)C)O[C@@H](n2ccc(N)nc2=O)C1. The fraction of sp³-hybridized carbons (Fsp3) is 0.667. The number of carbonyl (C=O) groups is 8. The van der Waals surface area contributed by atoms with Gasteiger partial charge in [0.2, 0.25) is 47.3 Å². The number of ether oxygens (including phenoxy) is 1. The second-order valence-corrected chi connectivity index (χ2v) is 23.6. The highest BCUT2D eigenvalue weighted by molar-refractivity contribution is 7.36. The summed E-state index contributed by atoms with van der Waals surface area (Å²) >= 11 is 0. The number of rotatable bonds is 44. The van der Waals surface area contributed by atoms with Crippen molar-refractivity contribution in [1.82, 2.24) is 88.2 Å². The molecule has 0 aromatic carbocycles. The predicted octanol–water partition coefficient (Wildman–Crippen LogP) is -9.55. The Morgan fingerprint density at radius 3 is 1.27 bits per heavy atom. The van der Waals surface area contributed by atoms with Crippen molar-refractivity contribution in [2.45, 2.75) is 139 Å². The van der Waals surface area contributed by atoms with Gasteiger partial charge in [0, 0.05) is 52.4 Å². The van der Waals surface area contributed by atoms with Crippen LogP contribution in [0.5, 0.6) is 0 Å². The fourth-order valence-corrected chi connectivity index (χ4v) is 9.63. The molecule has 1 unspecified atom stereocenters. The predicted molar refractivity (Wildman–Crippen MR) is 347 cm³/mol. The first kappa shape index (κ1) is 80.9. The summed E-state index contributed by atoms with van der Waals surface area (Å²) in [6.45, 7) is 0.378. The lowest BCUT2D eigenvalue weighted by Crippen LogP contribution is -2.60. The quantitative estimate of drug-likeness (QED) is 0.00948. The molecule has 1 saturated heterocycles. The largest absolute Gasteiger partial charge is 0.383 e. The molecule has 43 heteroatoms. The number of nitrogen functional groups attached to an aromatic ring is 1. The third-order valence-corrected chi connectivity index (χ3v) is 14.8. The lowest BCUT2D eigenvalue weighted by molar-refractivity contribution is -0.158. The van der Waals surface area contributed by atoms with Gasteiger partial charge in [-0.15, -0.1) is 0 Å². The van der Waals surface area contributed by atoms with E-state index in [-0.39, 0.29) is 154 Å². The number of anilines is 1. The van der Waals surface area contributed by atoms with Gasteiger partial charge in [-0.05, 0) is 104 Å². The molecule has 0 bridgehead atoms. The van der Waals surface area contributed by atoms with Crippen LogP contribution in [0.4, 0.5) is 5.82 Å². The maximum atomic E-state index is 14.7. The average molecular weight is 1360 g/mol. The molecule has 1 aromatic heterocycles. The van der Waals surface area contributed by atoms with Crippen LogP contribution in [0.15, 0.2) is 17.1 Å². The summed E-state index contributed by atoms with van der Waals surface area (Å²) in [6, 6.07) is -7.11. The van der Waals surface area contributed by atoms with Crippen LogP contribution in [0.2, 0.25) is 0 Å². The Labute approximate surface area is 544 Å². The van der Waals surface area contributed by atoms with Crippen LogP contribution in [0.3, 0.4) is 0 Å². The molecule has 42 nitrogen and oxygen atoms in total.